The Labute approximate surface area is 96.8 Å². The van der Waals surface area contributed by atoms with E-state index in [9.17, 15) is 9.59 Å². The molecule has 3 N–H and O–H groups in total. The van der Waals surface area contributed by atoms with E-state index in [1.807, 2.05) is 0 Å². The average Bonchev–Trinajstić information content (AvgIpc) is 2.81. The highest BCUT2D eigenvalue weighted by molar-refractivity contribution is 5.75. The van der Waals surface area contributed by atoms with Crippen LogP contribution in [0.5, 0.6) is 0 Å². The lowest BCUT2D eigenvalue weighted by molar-refractivity contribution is -0.121. The van der Waals surface area contributed by atoms with Gasteiger partial charge in [-0.25, -0.2) is 10.4 Å². The van der Waals surface area contributed by atoms with E-state index in [1.165, 1.54) is 4.52 Å². The summed E-state index contributed by atoms with van der Waals surface area (Å²) in [5, 5.41) is 3.97. The first kappa shape index (κ1) is 11.3. The second kappa shape index (κ2) is 4.79. The van der Waals surface area contributed by atoms with Gasteiger partial charge in [-0.2, -0.15) is 5.10 Å². The summed E-state index contributed by atoms with van der Waals surface area (Å²) in [7, 11) is 0. The van der Waals surface area contributed by atoms with Crippen molar-refractivity contribution < 1.29 is 4.79 Å². The number of nitrogens with one attached hydrogen (secondary N) is 1. The Morgan fingerprint density at radius 2 is 2.29 bits per heavy atom. The molecular weight excluding hydrogens is 222 g/mol. The number of carbonyl (C=O) groups is 1. The first-order chi connectivity index (χ1) is 8.22. The van der Waals surface area contributed by atoms with E-state index >= 15 is 0 Å². The normalized spacial score (nSPS) is 10.6. The topological polar surface area (TPSA) is 94.4 Å². The maximum atomic E-state index is 11.9. The maximum Gasteiger partial charge on any atom is 0.276 e. The van der Waals surface area contributed by atoms with Gasteiger partial charge in [-0.1, -0.05) is 0 Å². The lowest BCUT2D eigenvalue weighted by Crippen LogP contribution is -2.30. The monoisotopic (exact) mass is 235 g/mol. The highest BCUT2D eigenvalue weighted by Gasteiger charge is 2.04. The van der Waals surface area contributed by atoms with Gasteiger partial charge < -0.3 is 4.57 Å². The number of hydrazine groups is 1. The molecule has 2 rings (SSSR count). The van der Waals surface area contributed by atoms with E-state index in [1.54, 1.807) is 29.2 Å². The molecular formula is C10H13N5O2. The molecule has 0 aromatic carbocycles. The van der Waals surface area contributed by atoms with Crippen LogP contribution in [0.25, 0.3) is 5.52 Å². The summed E-state index contributed by atoms with van der Waals surface area (Å²) in [4.78, 5) is 22.8. The van der Waals surface area contributed by atoms with Gasteiger partial charge >= 0.3 is 0 Å². The first-order valence-electron chi connectivity index (χ1n) is 5.24. The van der Waals surface area contributed by atoms with Gasteiger partial charge in [0, 0.05) is 25.4 Å². The summed E-state index contributed by atoms with van der Waals surface area (Å²) < 4.78 is 3.08. The third-order valence-corrected chi connectivity index (χ3v) is 2.50. The standard InChI is InChI=1S/C10H13N5O2/c11-13-9(16)2-1-5-14-6-7-15-8(10(14)17)3-4-12-15/h3-4,6-7H,1-2,5,11H2,(H,13,16). The van der Waals surface area contributed by atoms with Gasteiger partial charge in [0.2, 0.25) is 5.91 Å². The summed E-state index contributed by atoms with van der Waals surface area (Å²) in [5.74, 6) is 4.73. The number of rotatable bonds is 4. The molecule has 0 radical (unpaired) electrons. The number of hydrogen-bond acceptors (Lipinski definition) is 4. The fraction of sp³-hybridized carbons (Fsp3) is 0.300. The molecule has 2 aromatic heterocycles. The van der Waals surface area contributed by atoms with Crippen LogP contribution in [-0.2, 0) is 11.3 Å². The molecule has 0 saturated carbocycles. The van der Waals surface area contributed by atoms with E-state index in [4.69, 9.17) is 5.84 Å². The minimum Gasteiger partial charge on any atom is -0.312 e. The average molecular weight is 235 g/mol. The number of fused-ring (bicyclic) bond motifs is 1. The van der Waals surface area contributed by atoms with Gasteiger partial charge in [0.1, 0.15) is 5.52 Å². The second-order valence-electron chi connectivity index (χ2n) is 3.63. The van der Waals surface area contributed by atoms with Crippen molar-refractivity contribution in [2.75, 3.05) is 0 Å². The molecule has 0 aliphatic carbocycles. The predicted molar refractivity (Wildman–Crippen MR) is 61.0 cm³/mol. The van der Waals surface area contributed by atoms with Gasteiger partial charge in [-0.05, 0) is 12.5 Å². The minimum absolute atomic E-state index is 0.113. The molecule has 0 unspecified atom stereocenters. The van der Waals surface area contributed by atoms with Crippen LogP contribution in [0.3, 0.4) is 0 Å². The van der Waals surface area contributed by atoms with E-state index in [-0.39, 0.29) is 11.5 Å². The molecule has 0 spiro atoms. The smallest absolute Gasteiger partial charge is 0.276 e. The first-order valence-corrected chi connectivity index (χ1v) is 5.24. The zero-order valence-corrected chi connectivity index (χ0v) is 9.17. The molecule has 7 nitrogen and oxygen atoms in total. The van der Waals surface area contributed by atoms with Crippen LogP contribution in [0.4, 0.5) is 0 Å². The molecule has 17 heavy (non-hydrogen) atoms. The number of nitrogens with zero attached hydrogens (tertiary/aromatic N) is 3. The number of hydrogen-bond donors (Lipinski definition) is 2. The minimum atomic E-state index is -0.233. The molecule has 90 valence electrons. The van der Waals surface area contributed by atoms with Crippen LogP contribution in [0, 0.1) is 0 Å². The van der Waals surface area contributed by atoms with Crippen LogP contribution in [-0.4, -0.2) is 20.1 Å². The van der Waals surface area contributed by atoms with E-state index in [0.29, 0.717) is 24.9 Å². The fourth-order valence-corrected chi connectivity index (χ4v) is 1.62. The van der Waals surface area contributed by atoms with E-state index in [0.717, 1.165) is 0 Å². The lowest BCUT2D eigenvalue weighted by atomic mass is 10.3. The SMILES string of the molecule is NNC(=O)CCCn1ccn2nccc2c1=O. The Kier molecular flexibility index (Phi) is 3.20. The Morgan fingerprint density at radius 3 is 3.06 bits per heavy atom. The lowest BCUT2D eigenvalue weighted by Gasteiger charge is -2.05. The molecule has 1 amide bonds. The summed E-state index contributed by atoms with van der Waals surface area (Å²) in [6.07, 6.45) is 5.80. The highest BCUT2D eigenvalue weighted by atomic mass is 16.2. The predicted octanol–water partition coefficient (Wildman–Crippen LogP) is -0.734. The Bertz CT molecular complexity index is 586. The van der Waals surface area contributed by atoms with Crippen molar-refractivity contribution in [1.82, 2.24) is 19.6 Å². The molecule has 7 heteroatoms. The van der Waals surface area contributed by atoms with Crippen molar-refractivity contribution in [2.45, 2.75) is 19.4 Å². The molecule has 0 atom stereocenters. The summed E-state index contributed by atoms with van der Waals surface area (Å²) in [6.45, 7) is 0.480. The third kappa shape index (κ3) is 2.34. The molecule has 0 saturated heterocycles. The van der Waals surface area contributed by atoms with Crippen LogP contribution in [0.15, 0.2) is 29.5 Å². The molecule has 0 aliphatic heterocycles. The molecule has 0 fully saturated rings. The molecule has 0 aliphatic rings. The van der Waals surface area contributed by atoms with Crippen LogP contribution in [0.1, 0.15) is 12.8 Å². The summed E-state index contributed by atoms with van der Waals surface area (Å²) >= 11 is 0. The van der Waals surface area contributed by atoms with Crippen LogP contribution >= 0.6 is 0 Å². The fourth-order valence-electron chi connectivity index (χ4n) is 1.62. The van der Waals surface area contributed by atoms with Gasteiger partial charge in [-0.15, -0.1) is 0 Å². The molecule has 0 bridgehead atoms. The summed E-state index contributed by atoms with van der Waals surface area (Å²) in [5.41, 5.74) is 2.46. The Balaban J connectivity index is 2.11. The third-order valence-electron chi connectivity index (χ3n) is 2.50. The van der Waals surface area contributed by atoms with Gasteiger partial charge in [0.25, 0.3) is 5.56 Å². The van der Waals surface area contributed by atoms with Gasteiger partial charge in [-0.3, -0.25) is 15.0 Å². The largest absolute Gasteiger partial charge is 0.312 e. The Morgan fingerprint density at radius 1 is 1.47 bits per heavy atom. The zero-order valence-electron chi connectivity index (χ0n) is 9.17. The molecule has 2 heterocycles. The number of aromatic nitrogens is 3. The molecule has 2 aromatic rings. The van der Waals surface area contributed by atoms with Gasteiger partial charge in [0.05, 0.1) is 6.20 Å². The van der Waals surface area contributed by atoms with E-state index < -0.39 is 0 Å². The van der Waals surface area contributed by atoms with Crippen molar-refractivity contribution in [3.63, 3.8) is 0 Å². The van der Waals surface area contributed by atoms with Crippen molar-refractivity contribution in [1.29, 1.82) is 0 Å². The van der Waals surface area contributed by atoms with E-state index in [2.05, 4.69) is 10.5 Å². The van der Waals surface area contributed by atoms with Crippen molar-refractivity contribution in [2.24, 2.45) is 5.84 Å². The van der Waals surface area contributed by atoms with Crippen molar-refractivity contribution in [3.8, 4) is 0 Å². The highest BCUT2D eigenvalue weighted by Crippen LogP contribution is 1.97. The van der Waals surface area contributed by atoms with Crippen LogP contribution in [0.2, 0.25) is 0 Å². The van der Waals surface area contributed by atoms with Gasteiger partial charge in [0.15, 0.2) is 0 Å². The zero-order chi connectivity index (χ0) is 12.3. The number of aryl methyl sites for hydroxylation is 1. The number of nitrogens with two attached hydrogens (primary N) is 1. The summed E-state index contributed by atoms with van der Waals surface area (Å²) in [6, 6.07) is 1.66. The van der Waals surface area contributed by atoms with Crippen molar-refractivity contribution >= 4 is 11.4 Å². The maximum absolute atomic E-state index is 11.9. The second-order valence-corrected chi connectivity index (χ2v) is 3.63. The number of amides is 1. The van der Waals surface area contributed by atoms with Crippen molar-refractivity contribution in [3.05, 3.63) is 35.0 Å². The quantitative estimate of drug-likeness (QED) is 0.415. The Hall–Kier alpha value is -2.15. The number of carbonyl (C=O) groups excluding carboxylic acids is 1. The van der Waals surface area contributed by atoms with Crippen LogP contribution < -0.4 is 16.8 Å².